The van der Waals surface area contributed by atoms with Crippen LogP contribution in [0.15, 0.2) is 83.5 Å². The maximum absolute atomic E-state index is 14.0. The summed E-state index contributed by atoms with van der Waals surface area (Å²) in [6, 6.07) is 22.4. The van der Waals surface area contributed by atoms with Gasteiger partial charge < -0.3 is 24.9 Å². The zero-order chi connectivity index (χ0) is 28.9. The molecule has 214 valence electrons. The number of hydrogen-bond donors (Lipinski definition) is 2. The number of rotatable bonds is 11. The van der Waals surface area contributed by atoms with E-state index in [-0.39, 0.29) is 18.4 Å². The van der Waals surface area contributed by atoms with Gasteiger partial charge in [-0.05, 0) is 65.6 Å². The van der Waals surface area contributed by atoms with Crippen LogP contribution in [0.2, 0.25) is 0 Å². The zero-order valence-electron chi connectivity index (χ0n) is 23.5. The fraction of sp³-hybridized carbons (Fsp3) is 0.333. The molecule has 8 nitrogen and oxygen atoms in total. The van der Waals surface area contributed by atoms with Gasteiger partial charge in [0.25, 0.3) is 0 Å². The van der Waals surface area contributed by atoms with Gasteiger partial charge in [0.2, 0.25) is 5.91 Å². The van der Waals surface area contributed by atoms with Crippen LogP contribution in [-0.4, -0.2) is 48.6 Å². The van der Waals surface area contributed by atoms with Crippen molar-refractivity contribution in [2.24, 2.45) is 11.7 Å². The van der Waals surface area contributed by atoms with E-state index >= 15 is 0 Å². The summed E-state index contributed by atoms with van der Waals surface area (Å²) in [5.41, 5.74) is 10.2. The van der Waals surface area contributed by atoms with Crippen molar-refractivity contribution < 1.29 is 23.8 Å². The number of amides is 1. The zero-order valence-corrected chi connectivity index (χ0v) is 23.5. The van der Waals surface area contributed by atoms with Gasteiger partial charge in [0.1, 0.15) is 11.3 Å². The van der Waals surface area contributed by atoms with Crippen LogP contribution in [0.3, 0.4) is 0 Å². The SMILES string of the molecule is CCCCN(C(=O)CN1CC(c2ccc3occc3c2)C(C(=O)O)C1c1ccc(OC)cc1)c1cccc(CN)c1. The summed E-state index contributed by atoms with van der Waals surface area (Å²) >= 11 is 0. The number of aliphatic carboxylic acids is 1. The summed E-state index contributed by atoms with van der Waals surface area (Å²) in [6.45, 7) is 3.57. The third kappa shape index (κ3) is 5.99. The Morgan fingerprint density at radius 1 is 1.07 bits per heavy atom. The van der Waals surface area contributed by atoms with E-state index in [0.717, 1.165) is 46.2 Å². The van der Waals surface area contributed by atoms with Crippen LogP contribution < -0.4 is 15.4 Å². The van der Waals surface area contributed by atoms with Crippen LogP contribution >= 0.6 is 0 Å². The number of carbonyl (C=O) groups excluding carboxylic acids is 1. The molecule has 0 aliphatic carbocycles. The Hall–Kier alpha value is -4.14. The topological polar surface area (TPSA) is 109 Å². The second-order valence-corrected chi connectivity index (χ2v) is 10.6. The summed E-state index contributed by atoms with van der Waals surface area (Å²) < 4.78 is 10.9. The first-order valence-electron chi connectivity index (χ1n) is 14.1. The molecular weight excluding hydrogens is 518 g/mol. The van der Waals surface area contributed by atoms with Crippen LogP contribution in [0.4, 0.5) is 5.69 Å². The number of fused-ring (bicyclic) bond motifs is 1. The number of furan rings is 1. The fourth-order valence-electron chi connectivity index (χ4n) is 5.97. The fourth-order valence-corrected chi connectivity index (χ4v) is 5.97. The lowest BCUT2D eigenvalue weighted by atomic mass is 9.82. The minimum atomic E-state index is -0.892. The van der Waals surface area contributed by atoms with Gasteiger partial charge in [-0.1, -0.05) is 43.7 Å². The van der Waals surface area contributed by atoms with Crippen molar-refractivity contribution in [3.8, 4) is 5.75 Å². The minimum Gasteiger partial charge on any atom is -0.497 e. The van der Waals surface area contributed by atoms with Crippen molar-refractivity contribution in [2.75, 3.05) is 31.6 Å². The molecule has 3 atom stereocenters. The van der Waals surface area contributed by atoms with E-state index < -0.39 is 17.9 Å². The molecule has 0 saturated carbocycles. The van der Waals surface area contributed by atoms with Gasteiger partial charge in [-0.2, -0.15) is 0 Å². The Labute approximate surface area is 240 Å². The highest BCUT2D eigenvalue weighted by atomic mass is 16.5. The Balaban J connectivity index is 1.52. The molecule has 3 N–H and O–H groups in total. The smallest absolute Gasteiger partial charge is 0.309 e. The standard InChI is InChI=1S/C33H37N3O5/c1-3-4-15-36(26-7-5-6-22(17-26)19-34)30(37)21-35-20-28(24-10-13-29-25(18-24)14-16-41-29)31(33(38)39)32(35)23-8-11-27(40-2)12-9-23/h5-14,16-18,28,31-32H,3-4,15,19-21,34H2,1-2H3,(H,38,39). The first-order chi connectivity index (χ1) is 19.9. The molecule has 8 heteroatoms. The maximum atomic E-state index is 14.0. The van der Waals surface area contributed by atoms with Crippen molar-refractivity contribution in [3.05, 3.63) is 95.7 Å². The number of carboxylic acids is 1. The molecule has 0 spiro atoms. The molecule has 4 aromatic rings. The lowest BCUT2D eigenvalue weighted by molar-refractivity contribution is -0.143. The van der Waals surface area contributed by atoms with Crippen molar-refractivity contribution in [1.29, 1.82) is 0 Å². The average molecular weight is 556 g/mol. The number of carboxylic acid groups (broad SMARTS) is 1. The normalized spacial score (nSPS) is 19.0. The molecule has 0 bridgehead atoms. The number of carbonyl (C=O) groups is 2. The molecule has 1 aromatic heterocycles. The monoisotopic (exact) mass is 555 g/mol. The van der Waals surface area contributed by atoms with Crippen LogP contribution in [-0.2, 0) is 16.1 Å². The van der Waals surface area contributed by atoms with E-state index in [1.54, 1.807) is 13.4 Å². The number of ether oxygens (including phenoxy) is 1. The Morgan fingerprint density at radius 3 is 2.56 bits per heavy atom. The van der Waals surface area contributed by atoms with Crippen LogP contribution in [0, 0.1) is 5.92 Å². The van der Waals surface area contributed by atoms with Crippen molar-refractivity contribution in [1.82, 2.24) is 4.90 Å². The van der Waals surface area contributed by atoms with Gasteiger partial charge in [0.15, 0.2) is 0 Å². The van der Waals surface area contributed by atoms with E-state index in [9.17, 15) is 14.7 Å². The molecule has 41 heavy (non-hydrogen) atoms. The summed E-state index contributed by atoms with van der Waals surface area (Å²) in [5.74, 6) is -1.35. The molecule has 3 unspecified atom stereocenters. The van der Waals surface area contributed by atoms with E-state index in [1.807, 2.05) is 82.6 Å². The van der Waals surface area contributed by atoms with E-state index in [4.69, 9.17) is 14.9 Å². The predicted octanol–water partition coefficient (Wildman–Crippen LogP) is 5.57. The number of methoxy groups -OCH3 is 1. The third-order valence-electron chi connectivity index (χ3n) is 8.08. The largest absolute Gasteiger partial charge is 0.497 e. The molecular formula is C33H37N3O5. The average Bonchev–Trinajstić information content (AvgIpc) is 3.62. The third-order valence-corrected chi connectivity index (χ3v) is 8.08. The first kappa shape index (κ1) is 28.4. The molecule has 3 aromatic carbocycles. The van der Waals surface area contributed by atoms with Gasteiger partial charge in [0.05, 0.1) is 25.8 Å². The number of hydrogen-bond acceptors (Lipinski definition) is 6. The highest BCUT2D eigenvalue weighted by Crippen LogP contribution is 2.46. The van der Waals surface area contributed by atoms with Crippen molar-refractivity contribution in [2.45, 2.75) is 38.3 Å². The van der Waals surface area contributed by atoms with Crippen molar-refractivity contribution >= 4 is 28.5 Å². The first-order valence-corrected chi connectivity index (χ1v) is 14.1. The molecule has 2 heterocycles. The molecule has 1 amide bonds. The number of likely N-dealkylation sites (tertiary alicyclic amines) is 1. The van der Waals surface area contributed by atoms with Crippen LogP contribution in [0.25, 0.3) is 11.0 Å². The molecule has 0 radical (unpaired) electrons. The van der Waals surface area contributed by atoms with Crippen molar-refractivity contribution in [3.63, 3.8) is 0 Å². The van der Waals surface area contributed by atoms with Gasteiger partial charge >= 0.3 is 5.97 Å². The predicted molar refractivity (Wildman–Crippen MR) is 159 cm³/mol. The minimum absolute atomic E-state index is 0.0683. The van der Waals surface area contributed by atoms with Gasteiger partial charge in [-0.3, -0.25) is 14.5 Å². The van der Waals surface area contributed by atoms with Gasteiger partial charge in [-0.15, -0.1) is 0 Å². The lowest BCUT2D eigenvalue weighted by Crippen LogP contribution is -2.41. The Bertz CT molecular complexity index is 1500. The van der Waals surface area contributed by atoms with Crippen LogP contribution in [0.5, 0.6) is 5.75 Å². The summed E-state index contributed by atoms with van der Waals surface area (Å²) in [5, 5.41) is 11.5. The second kappa shape index (κ2) is 12.6. The molecule has 1 aliphatic rings. The van der Waals surface area contributed by atoms with Crippen LogP contribution in [0.1, 0.15) is 48.4 Å². The molecule has 1 fully saturated rings. The highest BCUT2D eigenvalue weighted by molar-refractivity contribution is 5.95. The lowest BCUT2D eigenvalue weighted by Gasteiger charge is -2.30. The number of nitrogens with zero attached hydrogens (tertiary/aromatic N) is 2. The maximum Gasteiger partial charge on any atom is 0.309 e. The summed E-state index contributed by atoms with van der Waals surface area (Å²) in [7, 11) is 1.60. The quantitative estimate of drug-likeness (QED) is 0.249. The number of anilines is 1. The molecule has 5 rings (SSSR count). The summed E-state index contributed by atoms with van der Waals surface area (Å²) in [4.78, 5) is 30.8. The Kier molecular flexibility index (Phi) is 8.71. The highest BCUT2D eigenvalue weighted by Gasteiger charge is 2.48. The molecule has 1 saturated heterocycles. The summed E-state index contributed by atoms with van der Waals surface area (Å²) in [6.07, 6.45) is 3.43. The number of nitrogens with two attached hydrogens (primary N) is 1. The van der Waals surface area contributed by atoms with E-state index in [1.165, 1.54) is 0 Å². The van der Waals surface area contributed by atoms with E-state index in [0.29, 0.717) is 25.4 Å². The number of unbranched alkanes of at least 4 members (excludes halogenated alkanes) is 1. The van der Waals surface area contributed by atoms with Gasteiger partial charge in [0, 0.05) is 42.7 Å². The van der Waals surface area contributed by atoms with E-state index in [2.05, 4.69) is 6.92 Å². The number of benzene rings is 3. The second-order valence-electron chi connectivity index (χ2n) is 10.6. The van der Waals surface area contributed by atoms with Gasteiger partial charge in [-0.25, -0.2) is 0 Å². The molecule has 1 aliphatic heterocycles. The Morgan fingerprint density at radius 2 is 1.85 bits per heavy atom.